The maximum absolute atomic E-state index is 12.1. The van der Waals surface area contributed by atoms with Gasteiger partial charge in [-0.2, -0.15) is 5.10 Å². The Morgan fingerprint density at radius 2 is 2.11 bits per heavy atom. The number of aryl methyl sites for hydroxylation is 1. The highest BCUT2D eigenvalue weighted by Crippen LogP contribution is 2.37. The summed E-state index contributed by atoms with van der Waals surface area (Å²) in [7, 11) is 1.99. The van der Waals surface area contributed by atoms with E-state index in [9.17, 15) is 4.79 Å². The molecule has 0 aliphatic carbocycles. The molecule has 2 aromatic heterocycles. The molecule has 27 heavy (non-hydrogen) atoms. The third-order valence-electron chi connectivity index (χ3n) is 4.31. The number of amides is 1. The average molecular weight is 494 g/mol. The van der Waals surface area contributed by atoms with Gasteiger partial charge in [-0.25, -0.2) is 5.43 Å². The fraction of sp³-hybridized carbons (Fsp3) is 0.211. The Kier molecular flexibility index (Phi) is 5.96. The van der Waals surface area contributed by atoms with Gasteiger partial charge >= 0.3 is 0 Å². The highest BCUT2D eigenvalue weighted by Gasteiger charge is 2.13. The molecule has 0 saturated heterocycles. The van der Waals surface area contributed by atoms with Crippen LogP contribution in [0.1, 0.15) is 17.0 Å². The van der Waals surface area contributed by atoms with E-state index in [1.165, 1.54) is 0 Å². The van der Waals surface area contributed by atoms with E-state index in [-0.39, 0.29) is 12.5 Å². The van der Waals surface area contributed by atoms with E-state index >= 15 is 0 Å². The predicted octanol–water partition coefficient (Wildman–Crippen LogP) is 4.24. The van der Waals surface area contributed by atoms with E-state index in [0.29, 0.717) is 15.7 Å². The van der Waals surface area contributed by atoms with Gasteiger partial charge in [0, 0.05) is 40.1 Å². The fourth-order valence-electron chi connectivity index (χ4n) is 2.64. The van der Waals surface area contributed by atoms with Gasteiger partial charge in [-0.15, -0.1) is 0 Å². The lowest BCUT2D eigenvalue weighted by Crippen LogP contribution is -2.24. The Balaban J connectivity index is 1.67. The summed E-state index contributed by atoms with van der Waals surface area (Å²) < 4.78 is 9.37. The molecule has 0 fully saturated rings. The van der Waals surface area contributed by atoms with Gasteiger partial charge in [-0.1, -0.05) is 22.0 Å². The van der Waals surface area contributed by atoms with Crippen LogP contribution in [0.25, 0.3) is 10.9 Å². The smallest absolute Gasteiger partial charge is 0.277 e. The average Bonchev–Trinajstić information content (AvgIpc) is 2.88. The number of ether oxygens (including phenoxy) is 1. The summed E-state index contributed by atoms with van der Waals surface area (Å²) in [6, 6.07) is 7.66. The molecule has 0 spiro atoms. The van der Waals surface area contributed by atoms with Crippen LogP contribution in [0.4, 0.5) is 0 Å². The Bertz CT molecular complexity index is 1040. The zero-order valence-corrected chi connectivity index (χ0v) is 18.3. The van der Waals surface area contributed by atoms with Crippen LogP contribution in [0.5, 0.6) is 5.75 Å². The maximum atomic E-state index is 12.1. The zero-order chi connectivity index (χ0) is 19.6. The number of rotatable bonds is 5. The van der Waals surface area contributed by atoms with Gasteiger partial charge in [0.25, 0.3) is 5.91 Å². The molecule has 3 rings (SSSR count). The van der Waals surface area contributed by atoms with Crippen molar-refractivity contribution in [3.63, 3.8) is 0 Å². The van der Waals surface area contributed by atoms with Gasteiger partial charge in [0.15, 0.2) is 12.4 Å². The van der Waals surface area contributed by atoms with Gasteiger partial charge in [0.05, 0.1) is 10.7 Å². The molecule has 0 aliphatic heterocycles. The minimum Gasteiger partial charge on any atom is -0.480 e. The quantitative estimate of drug-likeness (QED) is 0.426. The van der Waals surface area contributed by atoms with E-state index in [0.717, 1.165) is 26.8 Å². The Hall–Kier alpha value is -2.19. The monoisotopic (exact) mass is 492 g/mol. The molecule has 6 nitrogen and oxygen atoms in total. The van der Waals surface area contributed by atoms with E-state index < -0.39 is 0 Å². The minimum absolute atomic E-state index is 0.171. The number of benzene rings is 1. The number of carbonyl (C=O) groups is 1. The molecule has 0 bridgehead atoms. The van der Waals surface area contributed by atoms with Crippen molar-refractivity contribution in [2.45, 2.75) is 13.8 Å². The number of halogens is 2. The summed E-state index contributed by atoms with van der Waals surface area (Å²) in [5.41, 5.74) is 6.33. The Morgan fingerprint density at radius 3 is 2.81 bits per heavy atom. The Labute approximate surface area is 173 Å². The number of aromatic nitrogens is 2. The molecule has 0 aliphatic rings. The van der Waals surface area contributed by atoms with Crippen molar-refractivity contribution in [3.05, 3.63) is 56.4 Å². The molecule has 0 radical (unpaired) electrons. The first-order chi connectivity index (χ1) is 12.9. The summed E-state index contributed by atoms with van der Waals surface area (Å²) in [6.45, 7) is 3.85. The van der Waals surface area contributed by atoms with Crippen molar-refractivity contribution in [2.24, 2.45) is 12.1 Å². The van der Waals surface area contributed by atoms with Gasteiger partial charge in [0.2, 0.25) is 0 Å². The molecule has 140 valence electrons. The van der Waals surface area contributed by atoms with Crippen LogP contribution in [0.15, 0.2) is 44.5 Å². The molecule has 3 aromatic rings. The zero-order valence-electron chi connectivity index (χ0n) is 15.1. The van der Waals surface area contributed by atoms with E-state index in [1.54, 1.807) is 12.4 Å². The molecular formula is C19H18Br2N4O2. The third kappa shape index (κ3) is 4.22. The summed E-state index contributed by atoms with van der Waals surface area (Å²) in [5.74, 6) is 0.165. The predicted molar refractivity (Wildman–Crippen MR) is 113 cm³/mol. The second-order valence-corrected chi connectivity index (χ2v) is 7.74. The highest BCUT2D eigenvalue weighted by molar-refractivity contribution is 9.11. The largest absolute Gasteiger partial charge is 0.480 e. The van der Waals surface area contributed by atoms with Crippen molar-refractivity contribution in [2.75, 3.05) is 6.61 Å². The second kappa shape index (κ2) is 8.22. The van der Waals surface area contributed by atoms with Gasteiger partial charge in [0.1, 0.15) is 5.52 Å². The first-order valence-corrected chi connectivity index (χ1v) is 9.77. The van der Waals surface area contributed by atoms with Gasteiger partial charge < -0.3 is 9.30 Å². The fourth-order valence-corrected chi connectivity index (χ4v) is 4.03. The van der Waals surface area contributed by atoms with Crippen LogP contribution >= 0.6 is 31.9 Å². The first-order valence-electron chi connectivity index (χ1n) is 8.19. The first kappa shape index (κ1) is 19.6. The van der Waals surface area contributed by atoms with Crippen LogP contribution in [0, 0.1) is 13.8 Å². The van der Waals surface area contributed by atoms with Crippen LogP contribution in [-0.2, 0) is 11.8 Å². The van der Waals surface area contributed by atoms with Crippen LogP contribution in [0.3, 0.4) is 0 Å². The van der Waals surface area contributed by atoms with Crippen LogP contribution in [0.2, 0.25) is 0 Å². The number of fused-ring (bicyclic) bond motifs is 1. The lowest BCUT2D eigenvalue weighted by atomic mass is 10.2. The number of carbonyl (C=O) groups excluding carboxylic acids is 1. The molecule has 2 heterocycles. The molecular weight excluding hydrogens is 476 g/mol. The van der Waals surface area contributed by atoms with Crippen molar-refractivity contribution in [1.29, 1.82) is 0 Å². The Morgan fingerprint density at radius 1 is 1.33 bits per heavy atom. The standard InChI is InChI=1S/C19H18Br2N4O2/c1-11-7-13(12(2)25(11)3)9-23-24-17(26)10-27-19-16(21)8-15(20)14-5-4-6-22-18(14)19/h4-9H,10H2,1-3H3,(H,24,26)/b23-9+. The summed E-state index contributed by atoms with van der Waals surface area (Å²) >= 11 is 6.97. The third-order valence-corrected chi connectivity index (χ3v) is 5.55. The highest BCUT2D eigenvalue weighted by atomic mass is 79.9. The van der Waals surface area contributed by atoms with E-state index in [2.05, 4.69) is 51.9 Å². The number of hydrogen-bond acceptors (Lipinski definition) is 4. The van der Waals surface area contributed by atoms with Crippen molar-refractivity contribution < 1.29 is 9.53 Å². The van der Waals surface area contributed by atoms with Crippen LogP contribution in [-0.4, -0.2) is 28.3 Å². The molecule has 0 atom stereocenters. The SMILES string of the molecule is Cc1cc(/C=N/NC(=O)COc2c(Br)cc(Br)c3cccnc23)c(C)n1C. The number of hydrogen-bond donors (Lipinski definition) is 1. The number of nitrogens with one attached hydrogen (secondary N) is 1. The van der Waals surface area contributed by atoms with Crippen molar-refractivity contribution >= 4 is 54.9 Å². The summed E-state index contributed by atoms with van der Waals surface area (Å²) in [5, 5.41) is 4.92. The summed E-state index contributed by atoms with van der Waals surface area (Å²) in [4.78, 5) is 16.4. The molecule has 0 unspecified atom stereocenters. The minimum atomic E-state index is -0.351. The maximum Gasteiger partial charge on any atom is 0.277 e. The number of nitrogens with zero attached hydrogens (tertiary/aromatic N) is 3. The van der Waals surface area contributed by atoms with E-state index in [4.69, 9.17) is 4.74 Å². The molecule has 8 heteroatoms. The normalized spacial score (nSPS) is 11.3. The van der Waals surface area contributed by atoms with Gasteiger partial charge in [-0.05, 0) is 48.0 Å². The molecule has 1 N–H and O–H groups in total. The van der Waals surface area contributed by atoms with Gasteiger partial charge in [-0.3, -0.25) is 9.78 Å². The van der Waals surface area contributed by atoms with Crippen molar-refractivity contribution in [3.8, 4) is 5.75 Å². The van der Waals surface area contributed by atoms with Crippen molar-refractivity contribution in [1.82, 2.24) is 15.0 Å². The lowest BCUT2D eigenvalue weighted by Gasteiger charge is -2.11. The topological polar surface area (TPSA) is 68.5 Å². The second-order valence-electron chi connectivity index (χ2n) is 6.04. The lowest BCUT2D eigenvalue weighted by molar-refractivity contribution is -0.123. The summed E-state index contributed by atoms with van der Waals surface area (Å²) in [6.07, 6.45) is 3.31. The van der Waals surface area contributed by atoms with E-state index in [1.807, 2.05) is 45.2 Å². The molecule has 0 saturated carbocycles. The molecule has 1 aromatic carbocycles. The van der Waals surface area contributed by atoms with Crippen LogP contribution < -0.4 is 10.2 Å². The number of pyridine rings is 1. The number of hydrazone groups is 1. The molecule has 1 amide bonds.